The van der Waals surface area contributed by atoms with Gasteiger partial charge in [0.15, 0.2) is 0 Å². The lowest BCUT2D eigenvalue weighted by Gasteiger charge is -2.12. The number of benzene rings is 1. The molecule has 5 nitrogen and oxygen atoms in total. The Hall–Kier alpha value is -1.75. The summed E-state index contributed by atoms with van der Waals surface area (Å²) in [6.45, 7) is 0.661. The number of aromatic amines is 1. The van der Waals surface area contributed by atoms with Crippen LogP contribution in [0, 0.1) is 0 Å². The highest BCUT2D eigenvalue weighted by molar-refractivity contribution is 5.79. The molecule has 0 amide bonds. The standard InChI is InChI=1S/C11H15N3O2/c1-14(5-6-15)11-12-9-4-3-8(16-2)7-10(9)13-11/h3-4,7,15H,5-6H2,1-2H3,(H,12,13). The van der Waals surface area contributed by atoms with Gasteiger partial charge in [-0.05, 0) is 12.1 Å². The van der Waals surface area contributed by atoms with E-state index < -0.39 is 0 Å². The van der Waals surface area contributed by atoms with Gasteiger partial charge in [0.1, 0.15) is 5.75 Å². The number of nitrogens with one attached hydrogen (secondary N) is 1. The summed E-state index contributed by atoms with van der Waals surface area (Å²) in [5, 5.41) is 8.85. The van der Waals surface area contributed by atoms with Gasteiger partial charge < -0.3 is 19.7 Å². The first-order valence-electron chi connectivity index (χ1n) is 5.10. The molecule has 1 aromatic heterocycles. The fraction of sp³-hybridized carbons (Fsp3) is 0.364. The fourth-order valence-electron chi connectivity index (χ4n) is 1.54. The first kappa shape index (κ1) is 10.8. The number of rotatable bonds is 4. The van der Waals surface area contributed by atoms with E-state index in [1.54, 1.807) is 7.11 Å². The number of anilines is 1. The number of aliphatic hydroxyl groups is 1. The monoisotopic (exact) mass is 221 g/mol. The van der Waals surface area contributed by atoms with Crippen LogP contribution in [0.2, 0.25) is 0 Å². The number of hydrogen-bond acceptors (Lipinski definition) is 4. The van der Waals surface area contributed by atoms with Crippen LogP contribution < -0.4 is 9.64 Å². The molecule has 0 atom stereocenters. The molecule has 0 spiro atoms. The molecule has 16 heavy (non-hydrogen) atoms. The lowest BCUT2D eigenvalue weighted by atomic mass is 10.3. The Morgan fingerprint density at radius 2 is 2.31 bits per heavy atom. The van der Waals surface area contributed by atoms with Gasteiger partial charge >= 0.3 is 0 Å². The molecule has 0 unspecified atom stereocenters. The highest BCUT2D eigenvalue weighted by Crippen LogP contribution is 2.21. The fourth-order valence-corrected chi connectivity index (χ4v) is 1.54. The SMILES string of the molecule is COc1ccc2nc(N(C)CCO)[nH]c2c1. The number of imidazole rings is 1. The van der Waals surface area contributed by atoms with Crippen LogP contribution in [0.15, 0.2) is 18.2 Å². The molecule has 1 aromatic carbocycles. The molecule has 5 heteroatoms. The average Bonchev–Trinajstić information content (AvgIpc) is 2.71. The van der Waals surface area contributed by atoms with Gasteiger partial charge in [-0.25, -0.2) is 4.98 Å². The minimum Gasteiger partial charge on any atom is -0.497 e. The number of methoxy groups -OCH3 is 1. The summed E-state index contributed by atoms with van der Waals surface area (Å²) in [6, 6.07) is 5.68. The van der Waals surface area contributed by atoms with Crippen molar-refractivity contribution in [2.24, 2.45) is 0 Å². The van der Waals surface area contributed by atoms with Crippen LogP contribution in [0.1, 0.15) is 0 Å². The minimum absolute atomic E-state index is 0.108. The van der Waals surface area contributed by atoms with Gasteiger partial charge in [-0.2, -0.15) is 0 Å². The summed E-state index contributed by atoms with van der Waals surface area (Å²) < 4.78 is 5.14. The summed E-state index contributed by atoms with van der Waals surface area (Å²) in [6.07, 6.45) is 0. The summed E-state index contributed by atoms with van der Waals surface area (Å²) in [5.41, 5.74) is 1.82. The Kier molecular flexibility index (Phi) is 2.96. The maximum absolute atomic E-state index is 8.85. The number of likely N-dealkylation sites (N-methyl/N-ethyl adjacent to an activating group) is 1. The molecule has 2 rings (SSSR count). The van der Waals surface area contributed by atoms with Crippen LogP contribution in [0.5, 0.6) is 5.75 Å². The van der Waals surface area contributed by atoms with Gasteiger partial charge in [-0.3, -0.25) is 0 Å². The largest absolute Gasteiger partial charge is 0.497 e. The highest BCUT2D eigenvalue weighted by Gasteiger charge is 2.07. The molecule has 0 saturated heterocycles. The molecule has 2 N–H and O–H groups in total. The topological polar surface area (TPSA) is 61.4 Å². The molecule has 86 valence electrons. The summed E-state index contributed by atoms with van der Waals surface area (Å²) in [7, 11) is 3.52. The molecule has 1 heterocycles. The van der Waals surface area contributed by atoms with E-state index in [4.69, 9.17) is 9.84 Å². The van der Waals surface area contributed by atoms with Gasteiger partial charge in [0.2, 0.25) is 5.95 Å². The molecule has 0 aliphatic heterocycles. The highest BCUT2D eigenvalue weighted by atomic mass is 16.5. The van der Waals surface area contributed by atoms with Crippen LogP contribution in [0.4, 0.5) is 5.95 Å². The second-order valence-electron chi connectivity index (χ2n) is 3.59. The van der Waals surface area contributed by atoms with E-state index in [-0.39, 0.29) is 6.61 Å². The number of aliphatic hydroxyl groups excluding tert-OH is 1. The van der Waals surface area contributed by atoms with Gasteiger partial charge in [0.05, 0.1) is 24.8 Å². The Balaban J connectivity index is 2.35. The molecule has 0 aliphatic rings. The van der Waals surface area contributed by atoms with E-state index in [2.05, 4.69) is 9.97 Å². The molecular weight excluding hydrogens is 206 g/mol. The van der Waals surface area contributed by atoms with Crippen molar-refractivity contribution in [1.29, 1.82) is 0 Å². The molecule has 0 saturated carbocycles. The zero-order valence-electron chi connectivity index (χ0n) is 9.40. The van der Waals surface area contributed by atoms with Crippen molar-refractivity contribution >= 4 is 17.0 Å². The second kappa shape index (κ2) is 4.40. The van der Waals surface area contributed by atoms with Crippen molar-refractivity contribution in [2.45, 2.75) is 0 Å². The molecule has 0 fully saturated rings. The van der Waals surface area contributed by atoms with Crippen molar-refractivity contribution in [3.63, 3.8) is 0 Å². The Labute approximate surface area is 93.7 Å². The summed E-state index contributed by atoms with van der Waals surface area (Å²) in [4.78, 5) is 9.46. The van der Waals surface area contributed by atoms with Crippen molar-refractivity contribution in [2.75, 3.05) is 32.2 Å². The number of fused-ring (bicyclic) bond motifs is 1. The van der Waals surface area contributed by atoms with Crippen LogP contribution >= 0.6 is 0 Å². The Morgan fingerprint density at radius 1 is 1.50 bits per heavy atom. The van der Waals surface area contributed by atoms with E-state index in [0.29, 0.717) is 6.54 Å². The van der Waals surface area contributed by atoms with Gasteiger partial charge in [-0.15, -0.1) is 0 Å². The van der Waals surface area contributed by atoms with E-state index in [9.17, 15) is 0 Å². The zero-order chi connectivity index (χ0) is 11.5. The normalized spacial score (nSPS) is 10.7. The van der Waals surface area contributed by atoms with Crippen LogP contribution in [-0.2, 0) is 0 Å². The Morgan fingerprint density at radius 3 is 3.00 bits per heavy atom. The van der Waals surface area contributed by atoms with E-state index in [0.717, 1.165) is 22.7 Å². The average molecular weight is 221 g/mol. The van der Waals surface area contributed by atoms with E-state index >= 15 is 0 Å². The number of aromatic nitrogens is 2. The van der Waals surface area contributed by atoms with Crippen molar-refractivity contribution in [3.05, 3.63) is 18.2 Å². The van der Waals surface area contributed by atoms with Crippen LogP contribution in [0.3, 0.4) is 0 Å². The molecule has 0 aliphatic carbocycles. The predicted octanol–water partition coefficient (Wildman–Crippen LogP) is 1.000. The third kappa shape index (κ3) is 1.94. The number of H-pyrrole nitrogens is 1. The van der Waals surface area contributed by atoms with Crippen LogP contribution in [0.25, 0.3) is 11.0 Å². The Bertz CT molecular complexity index is 481. The zero-order valence-corrected chi connectivity index (χ0v) is 9.40. The lowest BCUT2D eigenvalue weighted by Crippen LogP contribution is -2.22. The second-order valence-corrected chi connectivity index (χ2v) is 3.59. The summed E-state index contributed by atoms with van der Waals surface area (Å²) >= 11 is 0. The van der Waals surface area contributed by atoms with E-state index in [1.807, 2.05) is 30.1 Å². The van der Waals surface area contributed by atoms with E-state index in [1.165, 1.54) is 0 Å². The number of hydrogen-bond donors (Lipinski definition) is 2. The quantitative estimate of drug-likeness (QED) is 0.808. The first-order valence-corrected chi connectivity index (χ1v) is 5.10. The molecule has 2 aromatic rings. The van der Waals surface area contributed by atoms with Crippen molar-refractivity contribution < 1.29 is 9.84 Å². The van der Waals surface area contributed by atoms with Crippen LogP contribution in [-0.4, -0.2) is 42.4 Å². The van der Waals surface area contributed by atoms with Gasteiger partial charge in [0.25, 0.3) is 0 Å². The predicted molar refractivity (Wildman–Crippen MR) is 63.0 cm³/mol. The van der Waals surface area contributed by atoms with Crippen molar-refractivity contribution in [3.8, 4) is 5.75 Å². The number of nitrogens with zero attached hydrogens (tertiary/aromatic N) is 2. The summed E-state index contributed by atoms with van der Waals surface area (Å²) in [5.74, 6) is 1.55. The minimum atomic E-state index is 0.108. The molecule has 0 bridgehead atoms. The smallest absolute Gasteiger partial charge is 0.203 e. The maximum Gasteiger partial charge on any atom is 0.203 e. The molecule has 0 radical (unpaired) electrons. The third-order valence-corrected chi connectivity index (χ3v) is 2.47. The number of ether oxygens (including phenoxy) is 1. The van der Waals surface area contributed by atoms with Gasteiger partial charge in [0, 0.05) is 19.7 Å². The van der Waals surface area contributed by atoms with Gasteiger partial charge in [-0.1, -0.05) is 0 Å². The maximum atomic E-state index is 8.85. The van der Waals surface area contributed by atoms with Crippen molar-refractivity contribution in [1.82, 2.24) is 9.97 Å². The first-order chi connectivity index (χ1) is 7.74. The lowest BCUT2D eigenvalue weighted by molar-refractivity contribution is 0.303. The third-order valence-electron chi connectivity index (χ3n) is 2.47. The molecular formula is C11H15N3O2.